The molecule has 10 nitrogen and oxygen atoms in total. The van der Waals surface area contributed by atoms with E-state index in [1.165, 1.54) is 0 Å². The quantitative estimate of drug-likeness (QED) is 0.215. The van der Waals surface area contributed by atoms with Crippen LogP contribution >= 0.6 is 0 Å². The van der Waals surface area contributed by atoms with Gasteiger partial charge in [-0.2, -0.15) is 0 Å². The maximum absolute atomic E-state index is 14.1. The number of amides is 2. The Kier molecular flexibility index (Phi) is 8.82. The van der Waals surface area contributed by atoms with E-state index in [4.69, 9.17) is 14.2 Å². The lowest BCUT2D eigenvalue weighted by Crippen LogP contribution is -2.57. The zero-order valence-electron chi connectivity index (χ0n) is 21.0. The predicted octanol–water partition coefficient (Wildman–Crippen LogP) is 0.210. The minimum atomic E-state index is -1.06. The number of ether oxygens (including phenoxy) is 3. The van der Waals surface area contributed by atoms with Gasteiger partial charge in [-0.1, -0.05) is 12.2 Å². The Morgan fingerprint density at radius 3 is 2.69 bits per heavy atom. The summed E-state index contributed by atoms with van der Waals surface area (Å²) in [6.45, 7) is 12.3. The number of aliphatic hydroxyl groups is 1. The van der Waals surface area contributed by atoms with Crippen molar-refractivity contribution in [3.63, 3.8) is 0 Å². The van der Waals surface area contributed by atoms with Crippen molar-refractivity contribution in [3.8, 4) is 0 Å². The van der Waals surface area contributed by atoms with Crippen molar-refractivity contribution in [1.29, 1.82) is 0 Å². The van der Waals surface area contributed by atoms with Gasteiger partial charge in [0.2, 0.25) is 11.8 Å². The standard InChI is InChI=1S/C26H39N3O7/c1-3-5-16-35-25(33)20-19-7-8-26(36-19)21(20)23(31)29(10-6-15-30)22(26)24(32)28(9-4-2)12-11-27-13-17-34-18-14-27/h3-4,19-22,30H,1-2,5-18H2/t19-,20+,21-,22?,26?/m0/s1. The lowest BCUT2D eigenvalue weighted by molar-refractivity contribution is -0.155. The van der Waals surface area contributed by atoms with Crippen molar-refractivity contribution in [1.82, 2.24) is 14.7 Å². The topological polar surface area (TPSA) is 109 Å². The number of hydrogen-bond donors (Lipinski definition) is 1. The fourth-order valence-corrected chi connectivity index (χ4v) is 6.23. The molecule has 4 saturated heterocycles. The number of likely N-dealkylation sites (tertiary alicyclic amines) is 1. The smallest absolute Gasteiger partial charge is 0.312 e. The summed E-state index contributed by atoms with van der Waals surface area (Å²) in [4.78, 5) is 46.4. The van der Waals surface area contributed by atoms with Crippen LogP contribution in [-0.4, -0.2) is 121 Å². The Hall–Kier alpha value is -2.27. The van der Waals surface area contributed by atoms with Crippen LogP contribution in [0.4, 0.5) is 0 Å². The van der Waals surface area contributed by atoms with Gasteiger partial charge in [-0.15, -0.1) is 13.2 Å². The third-order valence-corrected chi connectivity index (χ3v) is 7.88. The van der Waals surface area contributed by atoms with Gasteiger partial charge in [-0.05, 0) is 25.7 Å². The molecular formula is C26H39N3O7. The minimum Gasteiger partial charge on any atom is -0.465 e. The second-order valence-electron chi connectivity index (χ2n) is 9.94. The molecule has 200 valence electrons. The predicted molar refractivity (Wildman–Crippen MR) is 131 cm³/mol. The fraction of sp³-hybridized carbons (Fsp3) is 0.731. The highest BCUT2D eigenvalue weighted by molar-refractivity contribution is 5.98. The Bertz CT molecular complexity index is 845. The maximum atomic E-state index is 14.1. The molecule has 4 aliphatic rings. The minimum absolute atomic E-state index is 0.105. The first kappa shape index (κ1) is 26.8. The van der Waals surface area contributed by atoms with Gasteiger partial charge in [0.05, 0.1) is 37.8 Å². The first-order valence-corrected chi connectivity index (χ1v) is 13.0. The van der Waals surface area contributed by atoms with Gasteiger partial charge >= 0.3 is 5.97 Å². The highest BCUT2D eigenvalue weighted by atomic mass is 16.6. The molecule has 0 saturated carbocycles. The fourth-order valence-electron chi connectivity index (χ4n) is 6.23. The molecule has 4 rings (SSSR count). The SMILES string of the molecule is C=CCCOC(=O)[C@@H]1[C@@H]2CCC3(O2)C(C(=O)N(CC=C)CCN2CCOCC2)N(CCCO)C(=O)[C@H]13. The van der Waals surface area contributed by atoms with Gasteiger partial charge in [0.1, 0.15) is 11.6 Å². The number of carbonyl (C=O) groups is 3. The van der Waals surface area contributed by atoms with Crippen molar-refractivity contribution in [2.24, 2.45) is 11.8 Å². The molecule has 4 aliphatic heterocycles. The average Bonchev–Trinajstić information content (AvgIpc) is 3.53. The molecule has 2 unspecified atom stereocenters. The average molecular weight is 506 g/mol. The van der Waals surface area contributed by atoms with E-state index in [-0.39, 0.29) is 31.6 Å². The maximum Gasteiger partial charge on any atom is 0.312 e. The van der Waals surface area contributed by atoms with E-state index in [2.05, 4.69) is 18.1 Å². The molecule has 10 heteroatoms. The number of carbonyl (C=O) groups excluding carboxylic acids is 3. The summed E-state index contributed by atoms with van der Waals surface area (Å²) in [7, 11) is 0. The van der Waals surface area contributed by atoms with Crippen LogP contribution in [0, 0.1) is 11.8 Å². The van der Waals surface area contributed by atoms with Crippen LogP contribution in [0.15, 0.2) is 25.3 Å². The zero-order valence-corrected chi connectivity index (χ0v) is 21.0. The molecule has 5 atom stereocenters. The number of nitrogens with zero attached hydrogens (tertiary/aromatic N) is 3. The third-order valence-electron chi connectivity index (χ3n) is 7.88. The summed E-state index contributed by atoms with van der Waals surface area (Å²) < 4.78 is 17.3. The lowest BCUT2D eigenvalue weighted by atomic mass is 9.70. The van der Waals surface area contributed by atoms with Gasteiger partial charge in [0.25, 0.3) is 0 Å². The monoisotopic (exact) mass is 505 g/mol. The van der Waals surface area contributed by atoms with Crippen molar-refractivity contribution in [2.75, 3.05) is 65.7 Å². The molecule has 0 aromatic rings. The Labute approximate surface area is 212 Å². The summed E-state index contributed by atoms with van der Waals surface area (Å²) in [6, 6.07) is -0.845. The molecule has 4 heterocycles. The van der Waals surface area contributed by atoms with Crippen LogP contribution in [0.5, 0.6) is 0 Å². The molecule has 1 spiro atoms. The molecule has 4 fully saturated rings. The van der Waals surface area contributed by atoms with E-state index in [9.17, 15) is 19.5 Å². The van der Waals surface area contributed by atoms with Gasteiger partial charge in [0.15, 0.2) is 0 Å². The third kappa shape index (κ3) is 4.96. The largest absolute Gasteiger partial charge is 0.465 e. The number of esters is 1. The second-order valence-corrected chi connectivity index (χ2v) is 9.94. The van der Waals surface area contributed by atoms with Crippen LogP contribution < -0.4 is 0 Å². The number of morpholine rings is 1. The van der Waals surface area contributed by atoms with E-state index in [0.717, 1.165) is 13.1 Å². The van der Waals surface area contributed by atoms with Crippen molar-refractivity contribution in [3.05, 3.63) is 25.3 Å². The molecule has 0 aromatic heterocycles. The molecule has 1 N–H and O–H groups in total. The van der Waals surface area contributed by atoms with E-state index < -0.39 is 35.6 Å². The number of hydrogen-bond acceptors (Lipinski definition) is 8. The van der Waals surface area contributed by atoms with Gasteiger partial charge in [-0.3, -0.25) is 19.3 Å². The normalized spacial score (nSPS) is 31.4. The van der Waals surface area contributed by atoms with E-state index in [1.54, 1.807) is 22.0 Å². The number of rotatable bonds is 13. The van der Waals surface area contributed by atoms with Crippen LogP contribution in [-0.2, 0) is 28.6 Å². The van der Waals surface area contributed by atoms with Crippen molar-refractivity contribution < 1.29 is 33.7 Å². The zero-order chi connectivity index (χ0) is 25.7. The first-order chi connectivity index (χ1) is 17.5. The van der Waals surface area contributed by atoms with Crippen molar-refractivity contribution >= 4 is 17.8 Å². The number of fused-ring (bicyclic) bond motifs is 1. The first-order valence-electron chi connectivity index (χ1n) is 13.0. The highest BCUT2D eigenvalue weighted by Gasteiger charge is 2.75. The van der Waals surface area contributed by atoms with Gasteiger partial charge in [-0.25, -0.2) is 0 Å². The Balaban J connectivity index is 1.58. The van der Waals surface area contributed by atoms with Gasteiger partial charge < -0.3 is 29.1 Å². The van der Waals surface area contributed by atoms with Gasteiger partial charge in [0, 0.05) is 45.9 Å². The second kappa shape index (κ2) is 11.9. The molecule has 36 heavy (non-hydrogen) atoms. The molecule has 0 aromatic carbocycles. The van der Waals surface area contributed by atoms with E-state index in [0.29, 0.717) is 58.5 Å². The summed E-state index contributed by atoms with van der Waals surface area (Å²) in [6.07, 6.45) is 4.91. The Morgan fingerprint density at radius 1 is 1.22 bits per heavy atom. The molecule has 0 aliphatic carbocycles. The lowest BCUT2D eigenvalue weighted by Gasteiger charge is -2.37. The van der Waals surface area contributed by atoms with Crippen LogP contribution in [0.1, 0.15) is 25.7 Å². The summed E-state index contributed by atoms with van der Waals surface area (Å²) in [5.41, 5.74) is -1.06. The summed E-state index contributed by atoms with van der Waals surface area (Å²) in [5, 5.41) is 9.48. The summed E-state index contributed by atoms with van der Waals surface area (Å²) in [5.74, 6) is -2.40. The van der Waals surface area contributed by atoms with E-state index in [1.807, 2.05) is 0 Å². The molecular weight excluding hydrogens is 466 g/mol. The molecule has 2 bridgehead atoms. The summed E-state index contributed by atoms with van der Waals surface area (Å²) >= 11 is 0. The number of aliphatic hydroxyl groups excluding tert-OH is 1. The van der Waals surface area contributed by atoms with Crippen LogP contribution in [0.25, 0.3) is 0 Å². The van der Waals surface area contributed by atoms with Crippen LogP contribution in [0.2, 0.25) is 0 Å². The highest BCUT2D eigenvalue weighted by Crippen LogP contribution is 2.58. The van der Waals surface area contributed by atoms with Crippen LogP contribution in [0.3, 0.4) is 0 Å². The Morgan fingerprint density at radius 2 is 2.00 bits per heavy atom. The van der Waals surface area contributed by atoms with E-state index >= 15 is 0 Å². The van der Waals surface area contributed by atoms with Crippen molar-refractivity contribution in [2.45, 2.75) is 43.4 Å². The molecule has 0 radical (unpaired) electrons. The molecule has 2 amide bonds.